The van der Waals surface area contributed by atoms with Crippen molar-refractivity contribution in [3.8, 4) is 11.3 Å². The Balaban J connectivity index is 1.54. The molecule has 5 rings (SSSR count). The molecule has 3 aromatic rings. The second-order valence-electron chi connectivity index (χ2n) is 8.16. The zero-order valence-electron chi connectivity index (χ0n) is 16.7. The van der Waals surface area contributed by atoms with E-state index in [2.05, 4.69) is 10.3 Å². The Morgan fingerprint density at radius 3 is 2.59 bits per heavy atom. The monoisotopic (exact) mass is 484 g/mol. The van der Waals surface area contributed by atoms with Crippen molar-refractivity contribution in [2.45, 2.75) is 44.4 Å². The van der Waals surface area contributed by atoms with Gasteiger partial charge >= 0.3 is 6.18 Å². The molecule has 1 aromatic carbocycles. The fourth-order valence-electron chi connectivity index (χ4n) is 4.24. The van der Waals surface area contributed by atoms with Gasteiger partial charge in [0.2, 0.25) is 0 Å². The number of aryl methyl sites for hydroxylation is 1. The number of hydrogen-bond acceptors (Lipinski definition) is 4. The van der Waals surface area contributed by atoms with Crippen molar-refractivity contribution in [3.63, 3.8) is 0 Å². The third kappa shape index (κ3) is 3.67. The largest absolute Gasteiger partial charge is 0.410 e. The first-order chi connectivity index (χ1) is 15.1. The van der Waals surface area contributed by atoms with Gasteiger partial charge in [0, 0.05) is 28.8 Å². The van der Waals surface area contributed by atoms with Crippen molar-refractivity contribution in [2.24, 2.45) is 5.92 Å². The van der Waals surface area contributed by atoms with Crippen LogP contribution in [-0.4, -0.2) is 33.1 Å². The second-order valence-corrected chi connectivity index (χ2v) is 9.01. The maximum absolute atomic E-state index is 13.8. The summed E-state index contributed by atoms with van der Waals surface area (Å²) in [5.41, 5.74) is 0.878. The average Bonchev–Trinajstić information content (AvgIpc) is 3.30. The number of aromatic nitrogens is 3. The maximum atomic E-state index is 13.8. The van der Waals surface area contributed by atoms with Gasteiger partial charge in [-0.05, 0) is 50.3 Å². The zero-order valence-corrected chi connectivity index (χ0v) is 18.2. The van der Waals surface area contributed by atoms with Crippen LogP contribution in [0.4, 0.5) is 19.0 Å². The van der Waals surface area contributed by atoms with E-state index in [0.717, 1.165) is 17.5 Å². The molecule has 2 aliphatic rings. The summed E-state index contributed by atoms with van der Waals surface area (Å²) >= 11 is 12.1. The first-order valence-corrected chi connectivity index (χ1v) is 10.8. The summed E-state index contributed by atoms with van der Waals surface area (Å²) in [6.07, 6.45) is -3.17. The average molecular weight is 485 g/mol. The van der Waals surface area contributed by atoms with Crippen LogP contribution in [-0.2, 0) is 0 Å². The van der Waals surface area contributed by atoms with E-state index in [4.69, 9.17) is 27.7 Å². The Morgan fingerprint density at radius 2 is 1.94 bits per heavy atom. The van der Waals surface area contributed by atoms with Crippen LogP contribution in [0.2, 0.25) is 10.0 Å². The van der Waals surface area contributed by atoms with Gasteiger partial charge in [-0.25, -0.2) is 4.68 Å². The first kappa shape index (κ1) is 21.3. The standard InChI is InChI=1S/C21H17Cl2F3N4O2/c1-10-6-19-29(16(11-2-3-11)9-18(21(24,25)26)30(19)27-10)20(31)15-8-17(32-28-15)13-5-4-12(22)7-14(13)23/h4-8,11,16,18H,2-3,9H2,1H3/t16-,18+/m0/s1. The third-order valence-electron chi connectivity index (χ3n) is 5.87. The molecule has 168 valence electrons. The molecule has 32 heavy (non-hydrogen) atoms. The molecular formula is C21H17Cl2F3N4O2. The fraction of sp³-hybridized carbons (Fsp3) is 0.381. The molecule has 1 aliphatic carbocycles. The minimum Gasteiger partial charge on any atom is -0.355 e. The molecule has 11 heteroatoms. The molecule has 0 saturated heterocycles. The van der Waals surface area contributed by atoms with E-state index in [0.29, 0.717) is 21.3 Å². The van der Waals surface area contributed by atoms with Gasteiger partial charge in [0.05, 0.1) is 10.7 Å². The number of anilines is 1. The number of amides is 1. The summed E-state index contributed by atoms with van der Waals surface area (Å²) in [5.74, 6) is -0.159. The highest BCUT2D eigenvalue weighted by Gasteiger charge is 2.53. The summed E-state index contributed by atoms with van der Waals surface area (Å²) in [4.78, 5) is 14.9. The van der Waals surface area contributed by atoms with Crippen LogP contribution in [0.25, 0.3) is 11.3 Å². The lowest BCUT2D eigenvalue weighted by Gasteiger charge is -2.40. The minimum absolute atomic E-state index is 0.00448. The van der Waals surface area contributed by atoms with Gasteiger partial charge in [-0.1, -0.05) is 28.4 Å². The van der Waals surface area contributed by atoms with Gasteiger partial charge in [0.15, 0.2) is 17.5 Å². The predicted octanol–water partition coefficient (Wildman–Crippen LogP) is 6.09. The van der Waals surface area contributed by atoms with E-state index in [1.165, 1.54) is 23.1 Å². The number of carbonyl (C=O) groups excluding carboxylic acids is 1. The topological polar surface area (TPSA) is 64.2 Å². The maximum Gasteiger partial charge on any atom is 0.410 e. The molecule has 1 amide bonds. The lowest BCUT2D eigenvalue weighted by Crippen LogP contribution is -2.50. The summed E-state index contributed by atoms with van der Waals surface area (Å²) < 4.78 is 47.6. The third-order valence-corrected chi connectivity index (χ3v) is 6.41. The second kappa shape index (κ2) is 7.52. The molecule has 0 spiro atoms. The predicted molar refractivity (Wildman–Crippen MR) is 112 cm³/mol. The number of benzene rings is 1. The molecule has 6 nitrogen and oxygen atoms in total. The smallest absolute Gasteiger partial charge is 0.355 e. The van der Waals surface area contributed by atoms with Gasteiger partial charge in [0.1, 0.15) is 5.82 Å². The van der Waals surface area contributed by atoms with Gasteiger partial charge < -0.3 is 4.52 Å². The highest BCUT2D eigenvalue weighted by molar-refractivity contribution is 6.36. The Morgan fingerprint density at radius 1 is 1.19 bits per heavy atom. The van der Waals surface area contributed by atoms with Gasteiger partial charge in [-0.15, -0.1) is 0 Å². The molecule has 2 aromatic heterocycles. The molecular weight excluding hydrogens is 468 g/mol. The number of carbonyl (C=O) groups is 1. The minimum atomic E-state index is -4.47. The van der Waals surface area contributed by atoms with E-state index < -0.39 is 24.2 Å². The molecule has 1 aliphatic heterocycles. The van der Waals surface area contributed by atoms with Crippen molar-refractivity contribution < 1.29 is 22.5 Å². The first-order valence-electron chi connectivity index (χ1n) is 10.0. The van der Waals surface area contributed by atoms with E-state index >= 15 is 0 Å². The van der Waals surface area contributed by atoms with Crippen molar-refractivity contribution in [1.82, 2.24) is 14.9 Å². The van der Waals surface area contributed by atoms with Gasteiger partial charge in [-0.3, -0.25) is 9.69 Å². The molecule has 0 N–H and O–H groups in total. The SMILES string of the molecule is Cc1cc2n(n1)[C@@H](C(F)(F)F)C[C@@H](C1CC1)N2C(=O)c1cc(-c2ccc(Cl)cc2Cl)on1. The van der Waals surface area contributed by atoms with E-state index in [1.54, 1.807) is 19.1 Å². The fourth-order valence-corrected chi connectivity index (χ4v) is 4.74. The number of rotatable bonds is 3. The van der Waals surface area contributed by atoms with Gasteiger partial charge in [0.25, 0.3) is 5.91 Å². The summed E-state index contributed by atoms with van der Waals surface area (Å²) in [5, 5.41) is 8.69. The number of halogens is 5. The normalized spacial score (nSPS) is 21.0. The lowest BCUT2D eigenvalue weighted by molar-refractivity contribution is -0.174. The van der Waals surface area contributed by atoms with Crippen LogP contribution >= 0.6 is 23.2 Å². The summed E-state index contributed by atoms with van der Waals surface area (Å²) in [6.45, 7) is 1.60. The lowest BCUT2D eigenvalue weighted by atomic mass is 9.97. The van der Waals surface area contributed by atoms with Crippen molar-refractivity contribution in [2.75, 3.05) is 4.90 Å². The van der Waals surface area contributed by atoms with Crippen molar-refractivity contribution in [3.05, 3.63) is 51.8 Å². The van der Waals surface area contributed by atoms with Crippen LogP contribution in [0.15, 0.2) is 34.9 Å². The highest BCUT2D eigenvalue weighted by Crippen LogP contribution is 2.48. The van der Waals surface area contributed by atoms with Crippen LogP contribution in [0.5, 0.6) is 0 Å². The molecule has 0 unspecified atom stereocenters. The molecule has 2 atom stereocenters. The zero-order chi connectivity index (χ0) is 22.8. The Labute approximate surface area is 190 Å². The van der Waals surface area contributed by atoms with Crippen LogP contribution in [0.3, 0.4) is 0 Å². The van der Waals surface area contributed by atoms with Gasteiger partial charge in [-0.2, -0.15) is 18.3 Å². The highest BCUT2D eigenvalue weighted by atomic mass is 35.5. The Kier molecular flexibility index (Phi) is 5.01. The Bertz CT molecular complexity index is 1200. The number of hydrogen-bond donors (Lipinski definition) is 0. The van der Waals surface area contributed by atoms with Crippen LogP contribution in [0, 0.1) is 12.8 Å². The van der Waals surface area contributed by atoms with Crippen LogP contribution < -0.4 is 4.90 Å². The van der Waals surface area contributed by atoms with E-state index in [1.807, 2.05) is 0 Å². The number of alkyl halides is 3. The van der Waals surface area contributed by atoms with Crippen LogP contribution in [0.1, 0.15) is 41.5 Å². The Hall–Kier alpha value is -2.52. The quantitative estimate of drug-likeness (QED) is 0.451. The molecule has 1 fully saturated rings. The molecule has 0 radical (unpaired) electrons. The molecule has 1 saturated carbocycles. The molecule has 3 heterocycles. The number of nitrogens with zero attached hydrogens (tertiary/aromatic N) is 4. The van der Waals surface area contributed by atoms with Crippen molar-refractivity contribution in [1.29, 1.82) is 0 Å². The van der Waals surface area contributed by atoms with E-state index in [9.17, 15) is 18.0 Å². The molecule has 0 bridgehead atoms. The van der Waals surface area contributed by atoms with Crippen molar-refractivity contribution >= 4 is 34.9 Å². The number of fused-ring (bicyclic) bond motifs is 1. The van der Waals surface area contributed by atoms with E-state index in [-0.39, 0.29) is 29.6 Å². The summed E-state index contributed by atoms with van der Waals surface area (Å²) in [7, 11) is 0. The summed E-state index contributed by atoms with van der Waals surface area (Å²) in [6, 6.07) is 5.36.